The first kappa shape index (κ1) is 11.8. The van der Waals surface area contributed by atoms with Gasteiger partial charge in [0.1, 0.15) is 0 Å². The maximum absolute atomic E-state index is 11.4. The number of benzene rings is 1. The largest absolute Gasteiger partial charge is 0.397 e. The van der Waals surface area contributed by atoms with Crippen LogP contribution in [0.4, 0.5) is 11.4 Å². The van der Waals surface area contributed by atoms with Crippen molar-refractivity contribution in [1.29, 1.82) is 0 Å². The Morgan fingerprint density at radius 2 is 2.12 bits per heavy atom. The zero-order chi connectivity index (χ0) is 12.6. The average molecular weight is 233 g/mol. The normalized spacial score (nSPS) is 20.8. The third-order valence-electron chi connectivity index (χ3n) is 3.38. The lowest BCUT2D eigenvalue weighted by Gasteiger charge is -2.11. The molecule has 4 nitrogen and oxygen atoms in total. The number of rotatable bonds is 3. The molecule has 17 heavy (non-hydrogen) atoms. The van der Waals surface area contributed by atoms with Crippen molar-refractivity contribution in [3.8, 4) is 0 Å². The van der Waals surface area contributed by atoms with Crippen molar-refractivity contribution in [2.24, 2.45) is 5.41 Å². The fourth-order valence-electron chi connectivity index (χ4n) is 1.88. The summed E-state index contributed by atoms with van der Waals surface area (Å²) in [6.07, 6.45) is 1.16. The van der Waals surface area contributed by atoms with Gasteiger partial charge in [0.15, 0.2) is 0 Å². The summed E-state index contributed by atoms with van der Waals surface area (Å²) >= 11 is 0. The van der Waals surface area contributed by atoms with Crippen molar-refractivity contribution < 1.29 is 4.79 Å². The van der Waals surface area contributed by atoms with Crippen molar-refractivity contribution in [3.05, 3.63) is 23.8 Å². The van der Waals surface area contributed by atoms with E-state index in [9.17, 15) is 4.79 Å². The van der Waals surface area contributed by atoms with Crippen LogP contribution in [0.25, 0.3) is 0 Å². The van der Waals surface area contributed by atoms with E-state index < -0.39 is 0 Å². The van der Waals surface area contributed by atoms with E-state index in [2.05, 4.69) is 24.5 Å². The van der Waals surface area contributed by atoms with Crippen LogP contribution in [-0.4, -0.2) is 19.0 Å². The van der Waals surface area contributed by atoms with E-state index in [4.69, 9.17) is 5.73 Å². The molecule has 2 rings (SSSR count). The van der Waals surface area contributed by atoms with E-state index in [0.717, 1.165) is 12.1 Å². The molecule has 1 atom stereocenters. The Bertz CT molecular complexity index is 454. The molecule has 4 N–H and O–H groups in total. The van der Waals surface area contributed by atoms with E-state index >= 15 is 0 Å². The Hall–Kier alpha value is -1.71. The fraction of sp³-hybridized carbons (Fsp3) is 0.462. The summed E-state index contributed by atoms with van der Waals surface area (Å²) in [6.45, 7) is 4.44. The molecule has 0 spiro atoms. The minimum absolute atomic E-state index is 0.116. The number of hydrogen-bond acceptors (Lipinski definition) is 3. The molecule has 0 aromatic heterocycles. The molecule has 1 aliphatic carbocycles. The summed E-state index contributed by atoms with van der Waals surface area (Å²) in [7, 11) is 1.61. The van der Waals surface area contributed by atoms with E-state index in [1.165, 1.54) is 0 Å². The van der Waals surface area contributed by atoms with Gasteiger partial charge in [-0.05, 0) is 30.0 Å². The first-order chi connectivity index (χ1) is 7.94. The number of hydrogen-bond donors (Lipinski definition) is 3. The lowest BCUT2D eigenvalue weighted by atomic mass is 10.1. The van der Waals surface area contributed by atoms with Gasteiger partial charge in [0.25, 0.3) is 5.91 Å². The quantitative estimate of drug-likeness (QED) is 0.698. The molecule has 4 heteroatoms. The highest BCUT2D eigenvalue weighted by atomic mass is 16.1. The Morgan fingerprint density at radius 3 is 2.59 bits per heavy atom. The highest BCUT2D eigenvalue weighted by Gasteiger charge is 2.45. The zero-order valence-corrected chi connectivity index (χ0v) is 10.5. The second-order valence-electron chi connectivity index (χ2n) is 5.27. The molecular formula is C13H19N3O. The third kappa shape index (κ3) is 2.35. The van der Waals surface area contributed by atoms with Gasteiger partial charge in [-0.2, -0.15) is 0 Å². The van der Waals surface area contributed by atoms with Gasteiger partial charge in [0.2, 0.25) is 0 Å². The molecule has 0 radical (unpaired) electrons. The minimum atomic E-state index is -0.116. The van der Waals surface area contributed by atoms with Crippen LogP contribution in [0.15, 0.2) is 18.2 Å². The van der Waals surface area contributed by atoms with Crippen molar-refractivity contribution >= 4 is 17.3 Å². The Morgan fingerprint density at radius 1 is 1.47 bits per heavy atom. The summed E-state index contributed by atoms with van der Waals surface area (Å²) in [4.78, 5) is 11.4. The topological polar surface area (TPSA) is 67.2 Å². The van der Waals surface area contributed by atoms with Crippen LogP contribution < -0.4 is 16.4 Å². The van der Waals surface area contributed by atoms with E-state index in [1.54, 1.807) is 19.2 Å². The monoisotopic (exact) mass is 233 g/mol. The maximum Gasteiger partial charge on any atom is 0.251 e. The molecule has 1 aromatic rings. The molecule has 0 bridgehead atoms. The van der Waals surface area contributed by atoms with E-state index in [0.29, 0.717) is 22.7 Å². The van der Waals surface area contributed by atoms with Crippen molar-refractivity contribution in [2.75, 3.05) is 18.1 Å². The predicted molar refractivity (Wildman–Crippen MR) is 70.1 cm³/mol. The van der Waals surface area contributed by atoms with Crippen molar-refractivity contribution in [1.82, 2.24) is 5.32 Å². The third-order valence-corrected chi connectivity index (χ3v) is 3.38. The fourth-order valence-corrected chi connectivity index (χ4v) is 1.88. The number of amides is 1. The molecule has 92 valence electrons. The van der Waals surface area contributed by atoms with E-state index in [1.807, 2.05) is 6.07 Å². The maximum atomic E-state index is 11.4. The molecule has 0 aliphatic heterocycles. The van der Waals surface area contributed by atoms with Gasteiger partial charge < -0.3 is 16.4 Å². The van der Waals surface area contributed by atoms with Crippen molar-refractivity contribution in [2.45, 2.75) is 26.3 Å². The van der Waals surface area contributed by atoms with Crippen LogP contribution in [0, 0.1) is 5.41 Å². The number of nitrogen functional groups attached to an aromatic ring is 1. The molecular weight excluding hydrogens is 214 g/mol. The first-order valence-corrected chi connectivity index (χ1v) is 5.82. The van der Waals surface area contributed by atoms with Crippen LogP contribution >= 0.6 is 0 Å². The number of nitrogens with two attached hydrogens (primary N) is 1. The second-order valence-corrected chi connectivity index (χ2v) is 5.27. The molecule has 1 aliphatic rings. The van der Waals surface area contributed by atoms with Crippen LogP contribution in [0.1, 0.15) is 30.6 Å². The minimum Gasteiger partial charge on any atom is -0.397 e. The van der Waals surface area contributed by atoms with Crippen LogP contribution in [-0.2, 0) is 0 Å². The Balaban J connectivity index is 2.12. The van der Waals surface area contributed by atoms with Crippen LogP contribution in [0.5, 0.6) is 0 Å². The summed E-state index contributed by atoms with van der Waals surface area (Å²) in [5.74, 6) is -0.116. The standard InChI is InChI=1S/C13H19N3O/c1-13(2)7-11(13)16-10-5-4-8(6-9(10)14)12(17)15-3/h4-6,11,16H,7,14H2,1-3H3,(H,15,17). The Kier molecular flexibility index (Phi) is 2.73. The second kappa shape index (κ2) is 3.95. The van der Waals surface area contributed by atoms with Gasteiger partial charge in [-0.15, -0.1) is 0 Å². The van der Waals surface area contributed by atoms with Crippen molar-refractivity contribution in [3.63, 3.8) is 0 Å². The number of nitrogens with one attached hydrogen (secondary N) is 2. The number of anilines is 2. The van der Waals surface area contributed by atoms with Gasteiger partial charge >= 0.3 is 0 Å². The highest BCUT2D eigenvalue weighted by Crippen LogP contribution is 2.47. The smallest absolute Gasteiger partial charge is 0.251 e. The summed E-state index contributed by atoms with van der Waals surface area (Å²) in [5, 5.41) is 5.98. The lowest BCUT2D eigenvalue weighted by molar-refractivity contribution is 0.0963. The highest BCUT2D eigenvalue weighted by molar-refractivity contribution is 5.95. The molecule has 1 amide bonds. The van der Waals surface area contributed by atoms with Gasteiger partial charge in [0.05, 0.1) is 11.4 Å². The first-order valence-electron chi connectivity index (χ1n) is 5.82. The van der Waals surface area contributed by atoms with Gasteiger partial charge in [0, 0.05) is 18.7 Å². The molecule has 0 saturated heterocycles. The molecule has 1 fully saturated rings. The summed E-state index contributed by atoms with van der Waals surface area (Å²) in [6, 6.07) is 5.84. The average Bonchev–Trinajstić information content (AvgIpc) is 2.88. The van der Waals surface area contributed by atoms with E-state index in [-0.39, 0.29) is 5.91 Å². The summed E-state index contributed by atoms with van der Waals surface area (Å²) < 4.78 is 0. The zero-order valence-electron chi connectivity index (χ0n) is 10.5. The Labute approximate surface area is 102 Å². The molecule has 1 unspecified atom stereocenters. The van der Waals surface area contributed by atoms with Gasteiger partial charge in [-0.1, -0.05) is 13.8 Å². The molecule has 1 aromatic carbocycles. The number of carbonyl (C=O) groups is 1. The lowest BCUT2D eigenvalue weighted by Crippen LogP contribution is -2.18. The summed E-state index contributed by atoms with van der Waals surface area (Å²) in [5.41, 5.74) is 8.41. The SMILES string of the molecule is CNC(=O)c1ccc(NC2CC2(C)C)c(N)c1. The van der Waals surface area contributed by atoms with Gasteiger partial charge in [-0.3, -0.25) is 4.79 Å². The molecule has 1 saturated carbocycles. The van der Waals surface area contributed by atoms with Crippen LogP contribution in [0.3, 0.4) is 0 Å². The molecule has 0 heterocycles. The number of carbonyl (C=O) groups excluding carboxylic acids is 1. The van der Waals surface area contributed by atoms with Gasteiger partial charge in [-0.25, -0.2) is 0 Å². The van der Waals surface area contributed by atoms with Crippen LogP contribution in [0.2, 0.25) is 0 Å². The predicted octanol–water partition coefficient (Wildman–Crippen LogP) is 1.84.